The molecule has 1 fully saturated rings. The fraction of sp³-hybridized carbons (Fsp3) is 0.333. The molecule has 0 aliphatic heterocycles. The van der Waals surface area contributed by atoms with Gasteiger partial charge >= 0.3 is 5.97 Å². The summed E-state index contributed by atoms with van der Waals surface area (Å²) >= 11 is 6.14. The Balaban J connectivity index is 1.63. The molecule has 148 valence electrons. The molecule has 1 saturated carbocycles. The molecule has 1 unspecified atom stereocenters. The molecule has 0 bridgehead atoms. The van der Waals surface area contributed by atoms with Gasteiger partial charge in [-0.05, 0) is 44.0 Å². The van der Waals surface area contributed by atoms with Crippen LogP contribution in [0, 0.1) is 0 Å². The second-order valence-corrected chi connectivity index (χ2v) is 6.98. The van der Waals surface area contributed by atoms with Gasteiger partial charge in [-0.3, -0.25) is 4.79 Å². The maximum absolute atomic E-state index is 12.3. The zero-order valence-electron chi connectivity index (χ0n) is 15.7. The summed E-state index contributed by atoms with van der Waals surface area (Å²) < 4.78 is 16.3. The van der Waals surface area contributed by atoms with Gasteiger partial charge in [0.05, 0.1) is 12.7 Å². The van der Waals surface area contributed by atoms with Crippen molar-refractivity contribution in [2.45, 2.75) is 38.5 Å². The predicted molar refractivity (Wildman–Crippen MR) is 105 cm³/mol. The van der Waals surface area contributed by atoms with Gasteiger partial charge in [0, 0.05) is 16.6 Å². The van der Waals surface area contributed by atoms with Gasteiger partial charge in [0.15, 0.2) is 17.6 Å². The van der Waals surface area contributed by atoms with Crippen molar-refractivity contribution in [3.8, 4) is 11.5 Å². The number of hydrogen-bond acceptors (Lipinski definition) is 5. The number of ether oxygens (including phenoxy) is 3. The molecule has 0 heterocycles. The number of methoxy groups -OCH3 is 1. The van der Waals surface area contributed by atoms with E-state index in [2.05, 4.69) is 5.32 Å². The van der Waals surface area contributed by atoms with Crippen LogP contribution in [0.1, 0.15) is 35.7 Å². The van der Waals surface area contributed by atoms with Gasteiger partial charge in [-0.15, -0.1) is 0 Å². The number of benzene rings is 2. The summed E-state index contributed by atoms with van der Waals surface area (Å²) in [5, 5.41) is 3.42. The van der Waals surface area contributed by atoms with Crippen LogP contribution in [0.15, 0.2) is 42.5 Å². The summed E-state index contributed by atoms with van der Waals surface area (Å²) in [7, 11) is 1.48. The normalized spacial score (nSPS) is 14.1. The molecule has 0 spiro atoms. The highest BCUT2D eigenvalue weighted by molar-refractivity contribution is 6.31. The first-order chi connectivity index (χ1) is 13.5. The van der Waals surface area contributed by atoms with Crippen LogP contribution in [0.2, 0.25) is 5.02 Å². The molecular weight excluding hydrogens is 382 g/mol. The Hall–Kier alpha value is -2.73. The second-order valence-electron chi connectivity index (χ2n) is 6.58. The quantitative estimate of drug-likeness (QED) is 0.679. The Morgan fingerprint density at radius 2 is 1.93 bits per heavy atom. The predicted octanol–water partition coefficient (Wildman–Crippen LogP) is 3.75. The number of carbonyl (C=O) groups is 2. The van der Waals surface area contributed by atoms with E-state index in [4.69, 9.17) is 25.8 Å². The van der Waals surface area contributed by atoms with Crippen LogP contribution in [0.25, 0.3) is 0 Å². The van der Waals surface area contributed by atoms with Crippen molar-refractivity contribution in [1.82, 2.24) is 5.32 Å². The third-order valence-corrected chi connectivity index (χ3v) is 4.69. The first-order valence-electron chi connectivity index (χ1n) is 9.03. The number of halogens is 1. The largest absolute Gasteiger partial charge is 0.493 e. The van der Waals surface area contributed by atoms with E-state index in [9.17, 15) is 9.59 Å². The topological polar surface area (TPSA) is 73.9 Å². The molecule has 1 atom stereocenters. The Kier molecular flexibility index (Phi) is 6.41. The van der Waals surface area contributed by atoms with E-state index < -0.39 is 12.1 Å². The standard InChI is InChI=1S/C21H22ClNO5/c1-13(20(24)23-16-8-9-16)28-21(25)14-7-10-18(19(11-14)26-2)27-12-15-5-3-4-6-17(15)22/h3-7,10-11,13,16H,8-9,12H2,1-2H3,(H,23,24). The minimum Gasteiger partial charge on any atom is -0.493 e. The fourth-order valence-electron chi connectivity index (χ4n) is 2.51. The minimum atomic E-state index is -0.866. The first-order valence-corrected chi connectivity index (χ1v) is 9.41. The van der Waals surface area contributed by atoms with Crippen LogP contribution in [0.4, 0.5) is 0 Å². The van der Waals surface area contributed by atoms with E-state index in [0.29, 0.717) is 16.5 Å². The van der Waals surface area contributed by atoms with E-state index in [1.807, 2.05) is 18.2 Å². The average molecular weight is 404 g/mol. The maximum atomic E-state index is 12.3. The summed E-state index contributed by atoms with van der Waals surface area (Å²) in [6.45, 7) is 1.81. The highest BCUT2D eigenvalue weighted by Gasteiger charge is 2.27. The van der Waals surface area contributed by atoms with E-state index in [-0.39, 0.29) is 24.1 Å². The Morgan fingerprint density at radius 3 is 2.61 bits per heavy atom. The molecule has 0 radical (unpaired) electrons. The molecule has 1 aliphatic rings. The fourth-order valence-corrected chi connectivity index (χ4v) is 2.70. The van der Waals surface area contributed by atoms with Gasteiger partial charge in [-0.1, -0.05) is 29.8 Å². The molecule has 1 aliphatic carbocycles. The highest BCUT2D eigenvalue weighted by atomic mass is 35.5. The Bertz CT molecular complexity index is 866. The second kappa shape index (κ2) is 8.97. The zero-order chi connectivity index (χ0) is 20.1. The van der Waals surface area contributed by atoms with Gasteiger partial charge in [0.25, 0.3) is 5.91 Å². The molecule has 1 amide bonds. The van der Waals surface area contributed by atoms with Crippen LogP contribution in [0.3, 0.4) is 0 Å². The number of nitrogens with one attached hydrogen (secondary N) is 1. The SMILES string of the molecule is COc1cc(C(=O)OC(C)C(=O)NC2CC2)ccc1OCc1ccccc1Cl. The zero-order valence-corrected chi connectivity index (χ0v) is 16.5. The molecule has 0 saturated heterocycles. The summed E-state index contributed by atoms with van der Waals surface area (Å²) in [5.41, 5.74) is 1.11. The van der Waals surface area contributed by atoms with E-state index in [1.165, 1.54) is 13.2 Å². The molecule has 2 aromatic carbocycles. The van der Waals surface area contributed by atoms with E-state index in [0.717, 1.165) is 18.4 Å². The van der Waals surface area contributed by atoms with Crippen LogP contribution in [-0.2, 0) is 16.1 Å². The number of esters is 1. The summed E-state index contributed by atoms with van der Waals surface area (Å²) in [4.78, 5) is 24.3. The number of amides is 1. The lowest BCUT2D eigenvalue weighted by Crippen LogP contribution is -2.37. The first kappa shape index (κ1) is 20.0. The summed E-state index contributed by atoms with van der Waals surface area (Å²) in [6.07, 6.45) is 1.08. The number of hydrogen-bond donors (Lipinski definition) is 1. The van der Waals surface area contributed by atoms with Crippen LogP contribution >= 0.6 is 11.6 Å². The third-order valence-electron chi connectivity index (χ3n) is 4.32. The molecule has 0 aromatic heterocycles. The van der Waals surface area contributed by atoms with Crippen molar-refractivity contribution in [2.24, 2.45) is 0 Å². The van der Waals surface area contributed by atoms with Crippen molar-refractivity contribution >= 4 is 23.5 Å². The van der Waals surface area contributed by atoms with Crippen molar-refractivity contribution in [2.75, 3.05) is 7.11 Å². The maximum Gasteiger partial charge on any atom is 0.339 e. The summed E-state index contributed by atoms with van der Waals surface area (Å²) in [6, 6.07) is 12.3. The average Bonchev–Trinajstić information content (AvgIpc) is 3.51. The lowest BCUT2D eigenvalue weighted by molar-refractivity contribution is -0.129. The van der Waals surface area contributed by atoms with Crippen molar-refractivity contribution in [1.29, 1.82) is 0 Å². The van der Waals surface area contributed by atoms with Gasteiger partial charge in [0.2, 0.25) is 0 Å². The lowest BCUT2D eigenvalue weighted by Gasteiger charge is -2.15. The van der Waals surface area contributed by atoms with Gasteiger partial charge in [-0.2, -0.15) is 0 Å². The molecule has 6 nitrogen and oxygen atoms in total. The lowest BCUT2D eigenvalue weighted by atomic mass is 10.2. The summed E-state index contributed by atoms with van der Waals surface area (Å²) in [5.74, 6) is -0.0352. The van der Waals surface area contributed by atoms with Crippen LogP contribution in [0.5, 0.6) is 11.5 Å². The molecule has 1 N–H and O–H groups in total. The Labute approximate surface area is 168 Å². The highest BCUT2D eigenvalue weighted by Crippen LogP contribution is 2.30. The van der Waals surface area contributed by atoms with Gasteiger partial charge in [0.1, 0.15) is 6.61 Å². The van der Waals surface area contributed by atoms with E-state index in [1.54, 1.807) is 25.1 Å². The van der Waals surface area contributed by atoms with Gasteiger partial charge < -0.3 is 19.5 Å². The third kappa shape index (κ3) is 5.16. The van der Waals surface area contributed by atoms with Crippen LogP contribution in [-0.4, -0.2) is 31.1 Å². The monoisotopic (exact) mass is 403 g/mol. The minimum absolute atomic E-state index is 0.211. The van der Waals surface area contributed by atoms with E-state index >= 15 is 0 Å². The van der Waals surface area contributed by atoms with Gasteiger partial charge in [-0.25, -0.2) is 4.79 Å². The molecule has 2 aromatic rings. The van der Waals surface area contributed by atoms with Crippen molar-refractivity contribution < 1.29 is 23.8 Å². The molecular formula is C21H22ClNO5. The Morgan fingerprint density at radius 1 is 1.18 bits per heavy atom. The smallest absolute Gasteiger partial charge is 0.339 e. The molecule has 7 heteroatoms. The number of carbonyl (C=O) groups excluding carboxylic acids is 2. The van der Waals surface area contributed by atoms with Crippen molar-refractivity contribution in [3.05, 3.63) is 58.6 Å². The molecule has 28 heavy (non-hydrogen) atoms. The number of rotatable bonds is 8. The van der Waals surface area contributed by atoms with Crippen molar-refractivity contribution in [3.63, 3.8) is 0 Å². The van der Waals surface area contributed by atoms with Crippen LogP contribution < -0.4 is 14.8 Å². The molecule has 3 rings (SSSR count).